The predicted molar refractivity (Wildman–Crippen MR) is 83.5 cm³/mol. The summed E-state index contributed by atoms with van der Waals surface area (Å²) in [5.41, 5.74) is 0.676. The summed E-state index contributed by atoms with van der Waals surface area (Å²) in [4.78, 5) is 11.1. The van der Waals surface area contributed by atoms with Gasteiger partial charge in [0.15, 0.2) is 0 Å². The molecular formula is C15H16N2O4S. The van der Waals surface area contributed by atoms with E-state index in [9.17, 15) is 13.2 Å². The summed E-state index contributed by atoms with van der Waals surface area (Å²) in [5, 5.41) is 2.66. The van der Waals surface area contributed by atoms with E-state index in [4.69, 9.17) is 4.74 Å². The summed E-state index contributed by atoms with van der Waals surface area (Å²) in [6, 6.07) is 12.9. The van der Waals surface area contributed by atoms with Gasteiger partial charge in [0.1, 0.15) is 11.5 Å². The summed E-state index contributed by atoms with van der Waals surface area (Å²) in [6.07, 6.45) is 0. The Kier molecular flexibility index (Phi) is 4.79. The molecular weight excluding hydrogens is 304 g/mol. The molecule has 0 bridgehead atoms. The highest BCUT2D eigenvalue weighted by Gasteiger charge is 2.10. The van der Waals surface area contributed by atoms with Crippen LogP contribution in [0.2, 0.25) is 0 Å². The van der Waals surface area contributed by atoms with Gasteiger partial charge in [-0.05, 0) is 55.6 Å². The second-order valence-electron chi connectivity index (χ2n) is 4.49. The largest absolute Gasteiger partial charge is 0.457 e. The lowest BCUT2D eigenvalue weighted by molar-refractivity contribution is -0.114. The average molecular weight is 320 g/mol. The van der Waals surface area contributed by atoms with Crippen LogP contribution in [-0.4, -0.2) is 21.4 Å². The smallest absolute Gasteiger partial charge is 0.240 e. The van der Waals surface area contributed by atoms with Gasteiger partial charge in [-0.3, -0.25) is 4.79 Å². The van der Waals surface area contributed by atoms with Crippen LogP contribution in [0.25, 0.3) is 0 Å². The Labute approximate surface area is 129 Å². The summed E-state index contributed by atoms with van der Waals surface area (Å²) in [6.45, 7) is 1.44. The monoisotopic (exact) mass is 320 g/mol. The molecule has 0 saturated carbocycles. The van der Waals surface area contributed by atoms with Crippen LogP contribution in [0.4, 0.5) is 5.69 Å². The van der Waals surface area contributed by atoms with E-state index in [1.165, 1.54) is 26.1 Å². The normalized spacial score (nSPS) is 11.0. The molecule has 0 atom stereocenters. The van der Waals surface area contributed by atoms with E-state index in [1.54, 1.807) is 36.4 Å². The van der Waals surface area contributed by atoms with Gasteiger partial charge in [0, 0.05) is 12.6 Å². The molecule has 2 aromatic carbocycles. The first-order valence-corrected chi connectivity index (χ1v) is 7.98. The fraction of sp³-hybridized carbons (Fsp3) is 0.133. The second kappa shape index (κ2) is 6.59. The maximum atomic E-state index is 11.6. The lowest BCUT2D eigenvalue weighted by Gasteiger charge is -2.08. The molecule has 0 aliphatic heterocycles. The van der Waals surface area contributed by atoms with Crippen LogP contribution in [-0.2, 0) is 14.8 Å². The standard InChI is InChI=1S/C15H16N2O4S/c1-11(18)17-12-3-5-13(6-4-12)21-14-7-9-15(10-8-14)22(19,20)16-2/h3-10,16H,1-2H3,(H,17,18). The van der Waals surface area contributed by atoms with Crippen LogP contribution < -0.4 is 14.8 Å². The van der Waals surface area contributed by atoms with Crippen LogP contribution in [0.1, 0.15) is 6.92 Å². The Morgan fingerprint density at radius 3 is 1.91 bits per heavy atom. The van der Waals surface area contributed by atoms with Gasteiger partial charge in [0.25, 0.3) is 0 Å². The first-order chi connectivity index (χ1) is 10.4. The lowest BCUT2D eigenvalue weighted by atomic mass is 10.3. The van der Waals surface area contributed by atoms with Crippen molar-refractivity contribution in [2.24, 2.45) is 0 Å². The van der Waals surface area contributed by atoms with Gasteiger partial charge >= 0.3 is 0 Å². The molecule has 0 unspecified atom stereocenters. The van der Waals surface area contributed by atoms with Crippen molar-refractivity contribution >= 4 is 21.6 Å². The summed E-state index contributed by atoms with van der Waals surface area (Å²) in [5.74, 6) is 0.954. The fourth-order valence-corrected chi connectivity index (χ4v) is 2.48. The van der Waals surface area contributed by atoms with Crippen molar-refractivity contribution in [2.45, 2.75) is 11.8 Å². The Hall–Kier alpha value is -2.38. The van der Waals surface area contributed by atoms with Gasteiger partial charge in [-0.2, -0.15) is 0 Å². The van der Waals surface area contributed by atoms with E-state index in [1.807, 2.05) is 0 Å². The van der Waals surface area contributed by atoms with Gasteiger partial charge in [-0.1, -0.05) is 0 Å². The van der Waals surface area contributed by atoms with E-state index in [2.05, 4.69) is 10.0 Å². The van der Waals surface area contributed by atoms with Crippen molar-refractivity contribution in [3.05, 3.63) is 48.5 Å². The molecule has 0 aliphatic carbocycles. The molecule has 2 N–H and O–H groups in total. The zero-order valence-electron chi connectivity index (χ0n) is 12.2. The molecule has 0 heterocycles. The van der Waals surface area contributed by atoms with Crippen molar-refractivity contribution in [1.29, 1.82) is 0 Å². The SMILES string of the molecule is CNS(=O)(=O)c1ccc(Oc2ccc(NC(C)=O)cc2)cc1. The van der Waals surface area contributed by atoms with Crippen molar-refractivity contribution < 1.29 is 17.9 Å². The summed E-state index contributed by atoms with van der Waals surface area (Å²) in [7, 11) is -2.09. The van der Waals surface area contributed by atoms with Crippen molar-refractivity contribution in [2.75, 3.05) is 12.4 Å². The highest BCUT2D eigenvalue weighted by molar-refractivity contribution is 7.89. The number of hydrogen-bond donors (Lipinski definition) is 2. The number of sulfonamides is 1. The number of anilines is 1. The van der Waals surface area contributed by atoms with Crippen LogP contribution in [0.3, 0.4) is 0 Å². The maximum absolute atomic E-state index is 11.6. The summed E-state index contributed by atoms with van der Waals surface area (Å²) < 4.78 is 31.1. The summed E-state index contributed by atoms with van der Waals surface area (Å²) >= 11 is 0. The minimum absolute atomic E-state index is 0.144. The number of carbonyl (C=O) groups excluding carboxylic acids is 1. The zero-order chi connectivity index (χ0) is 16.2. The highest BCUT2D eigenvalue weighted by atomic mass is 32.2. The van der Waals surface area contributed by atoms with Gasteiger partial charge < -0.3 is 10.1 Å². The van der Waals surface area contributed by atoms with Crippen molar-refractivity contribution in [1.82, 2.24) is 4.72 Å². The molecule has 0 aliphatic rings. The van der Waals surface area contributed by atoms with Crippen LogP contribution in [0, 0.1) is 0 Å². The minimum atomic E-state index is -3.45. The zero-order valence-corrected chi connectivity index (χ0v) is 13.0. The molecule has 22 heavy (non-hydrogen) atoms. The number of rotatable bonds is 5. The van der Waals surface area contributed by atoms with Crippen molar-refractivity contribution in [3.8, 4) is 11.5 Å². The van der Waals surface area contributed by atoms with Crippen molar-refractivity contribution in [3.63, 3.8) is 0 Å². The molecule has 0 saturated heterocycles. The molecule has 0 fully saturated rings. The van der Waals surface area contributed by atoms with Gasteiger partial charge in [-0.25, -0.2) is 13.1 Å². The topological polar surface area (TPSA) is 84.5 Å². The molecule has 0 radical (unpaired) electrons. The van der Waals surface area contributed by atoms with Gasteiger partial charge in [-0.15, -0.1) is 0 Å². The number of benzene rings is 2. The first-order valence-electron chi connectivity index (χ1n) is 6.50. The quantitative estimate of drug-likeness (QED) is 0.885. The molecule has 2 rings (SSSR count). The molecule has 6 nitrogen and oxygen atoms in total. The number of ether oxygens (including phenoxy) is 1. The van der Waals surface area contributed by atoms with Crippen LogP contribution in [0.15, 0.2) is 53.4 Å². The van der Waals surface area contributed by atoms with E-state index in [-0.39, 0.29) is 10.8 Å². The number of hydrogen-bond acceptors (Lipinski definition) is 4. The molecule has 0 spiro atoms. The third-order valence-electron chi connectivity index (χ3n) is 2.81. The first kappa shape index (κ1) is 16.0. The predicted octanol–water partition coefficient (Wildman–Crippen LogP) is 2.35. The Balaban J connectivity index is 2.09. The fourth-order valence-electron chi connectivity index (χ4n) is 1.75. The second-order valence-corrected chi connectivity index (χ2v) is 6.37. The number of amides is 1. The molecule has 116 valence electrons. The highest BCUT2D eigenvalue weighted by Crippen LogP contribution is 2.24. The number of nitrogens with one attached hydrogen (secondary N) is 2. The van der Waals surface area contributed by atoms with E-state index in [0.29, 0.717) is 17.2 Å². The number of carbonyl (C=O) groups is 1. The van der Waals surface area contributed by atoms with E-state index >= 15 is 0 Å². The third-order valence-corrected chi connectivity index (χ3v) is 4.24. The van der Waals surface area contributed by atoms with Gasteiger partial charge in [0.05, 0.1) is 4.90 Å². The Morgan fingerprint density at radius 2 is 1.45 bits per heavy atom. The maximum Gasteiger partial charge on any atom is 0.240 e. The minimum Gasteiger partial charge on any atom is -0.457 e. The average Bonchev–Trinajstić information content (AvgIpc) is 2.49. The van der Waals surface area contributed by atoms with E-state index < -0.39 is 10.0 Å². The molecule has 0 aromatic heterocycles. The molecule has 1 amide bonds. The van der Waals surface area contributed by atoms with Gasteiger partial charge in [0.2, 0.25) is 15.9 Å². The van der Waals surface area contributed by atoms with Crippen LogP contribution in [0.5, 0.6) is 11.5 Å². The van der Waals surface area contributed by atoms with Crippen LogP contribution >= 0.6 is 0 Å². The Morgan fingerprint density at radius 1 is 0.955 bits per heavy atom. The lowest BCUT2D eigenvalue weighted by Crippen LogP contribution is -2.18. The molecule has 7 heteroatoms. The van der Waals surface area contributed by atoms with E-state index in [0.717, 1.165) is 0 Å². The third kappa shape index (κ3) is 4.06. The molecule has 2 aromatic rings. The Bertz CT molecular complexity index is 753.